The van der Waals surface area contributed by atoms with Crippen LogP contribution in [-0.4, -0.2) is 12.6 Å². The van der Waals surface area contributed by atoms with Crippen LogP contribution in [0.3, 0.4) is 0 Å². The number of thiophene rings is 1. The van der Waals surface area contributed by atoms with Gasteiger partial charge in [0.1, 0.15) is 0 Å². The molecule has 0 bridgehead atoms. The van der Waals surface area contributed by atoms with Crippen molar-refractivity contribution in [1.29, 1.82) is 0 Å². The van der Waals surface area contributed by atoms with Gasteiger partial charge in [-0.05, 0) is 72.3 Å². The molecule has 1 heterocycles. The van der Waals surface area contributed by atoms with Gasteiger partial charge in [-0.1, -0.05) is 35.0 Å². The monoisotopic (exact) mass is 351 g/mol. The Balaban J connectivity index is 1.90. The summed E-state index contributed by atoms with van der Waals surface area (Å²) < 4.78 is 1.15. The summed E-state index contributed by atoms with van der Waals surface area (Å²) in [5.41, 5.74) is 2.88. The summed E-state index contributed by atoms with van der Waals surface area (Å²) in [6, 6.07) is 11.5. The van der Waals surface area contributed by atoms with Crippen molar-refractivity contribution in [3.8, 4) is 0 Å². The third kappa shape index (κ3) is 5.39. The Morgan fingerprint density at radius 2 is 1.95 bits per heavy atom. The van der Waals surface area contributed by atoms with E-state index in [0.29, 0.717) is 6.04 Å². The second kappa shape index (κ2) is 8.60. The standard InChI is InChI=1S/C17H22BrNS/c1-2-10-19-17(8-5-15-9-11-20-13-15)12-14-3-6-16(18)7-4-14/h3-4,6-7,9,11,13,17,19H,2,5,8,10,12H2,1H3. The first-order valence-corrected chi connectivity index (χ1v) is 9.00. The lowest BCUT2D eigenvalue weighted by atomic mass is 10.00. The van der Waals surface area contributed by atoms with Crippen molar-refractivity contribution >= 4 is 27.3 Å². The van der Waals surface area contributed by atoms with E-state index in [-0.39, 0.29) is 0 Å². The number of benzene rings is 1. The minimum atomic E-state index is 0.566. The lowest BCUT2D eigenvalue weighted by Crippen LogP contribution is -2.32. The molecule has 2 rings (SSSR count). The zero-order valence-corrected chi connectivity index (χ0v) is 14.3. The average Bonchev–Trinajstić information content (AvgIpc) is 2.97. The summed E-state index contributed by atoms with van der Waals surface area (Å²) in [5.74, 6) is 0. The van der Waals surface area contributed by atoms with Crippen LogP contribution >= 0.6 is 27.3 Å². The topological polar surface area (TPSA) is 12.0 Å². The van der Waals surface area contributed by atoms with E-state index in [2.05, 4.69) is 69.3 Å². The van der Waals surface area contributed by atoms with Crippen LogP contribution in [0.4, 0.5) is 0 Å². The molecule has 20 heavy (non-hydrogen) atoms. The highest BCUT2D eigenvalue weighted by atomic mass is 79.9. The van der Waals surface area contributed by atoms with Gasteiger partial charge in [0.05, 0.1) is 0 Å². The maximum absolute atomic E-state index is 3.69. The van der Waals surface area contributed by atoms with E-state index in [4.69, 9.17) is 0 Å². The Hall–Kier alpha value is -0.640. The molecule has 0 aliphatic carbocycles. The van der Waals surface area contributed by atoms with Crippen LogP contribution in [0.15, 0.2) is 45.6 Å². The van der Waals surface area contributed by atoms with Gasteiger partial charge in [0.25, 0.3) is 0 Å². The molecule has 108 valence electrons. The number of rotatable bonds is 8. The zero-order valence-electron chi connectivity index (χ0n) is 11.9. The van der Waals surface area contributed by atoms with Crippen LogP contribution in [0, 0.1) is 0 Å². The molecule has 0 aliphatic heterocycles. The van der Waals surface area contributed by atoms with Gasteiger partial charge in [-0.25, -0.2) is 0 Å². The van der Waals surface area contributed by atoms with Crippen LogP contribution in [0.2, 0.25) is 0 Å². The highest BCUT2D eigenvalue weighted by molar-refractivity contribution is 9.10. The van der Waals surface area contributed by atoms with Gasteiger partial charge in [-0.2, -0.15) is 11.3 Å². The highest BCUT2D eigenvalue weighted by Crippen LogP contribution is 2.15. The van der Waals surface area contributed by atoms with Crippen LogP contribution < -0.4 is 5.32 Å². The molecule has 0 amide bonds. The summed E-state index contributed by atoms with van der Waals surface area (Å²) in [6.45, 7) is 3.33. The van der Waals surface area contributed by atoms with Crippen molar-refractivity contribution < 1.29 is 0 Å². The van der Waals surface area contributed by atoms with Gasteiger partial charge < -0.3 is 5.32 Å². The van der Waals surface area contributed by atoms with E-state index in [1.54, 1.807) is 11.3 Å². The molecule has 3 heteroatoms. The molecule has 0 saturated heterocycles. The molecule has 1 aromatic carbocycles. The van der Waals surface area contributed by atoms with E-state index in [9.17, 15) is 0 Å². The van der Waals surface area contributed by atoms with Crippen LogP contribution in [0.25, 0.3) is 0 Å². The first kappa shape index (κ1) is 15.7. The number of hydrogen-bond donors (Lipinski definition) is 1. The van der Waals surface area contributed by atoms with Crippen molar-refractivity contribution in [2.24, 2.45) is 0 Å². The van der Waals surface area contributed by atoms with Gasteiger partial charge in [-0.15, -0.1) is 0 Å². The largest absolute Gasteiger partial charge is 0.314 e. The van der Waals surface area contributed by atoms with E-state index >= 15 is 0 Å². The third-order valence-electron chi connectivity index (χ3n) is 3.44. The molecule has 0 radical (unpaired) electrons. The summed E-state index contributed by atoms with van der Waals surface area (Å²) >= 11 is 5.29. The van der Waals surface area contributed by atoms with Gasteiger partial charge in [-0.3, -0.25) is 0 Å². The van der Waals surface area contributed by atoms with Crippen molar-refractivity contribution in [3.63, 3.8) is 0 Å². The van der Waals surface area contributed by atoms with Gasteiger partial charge in [0, 0.05) is 10.5 Å². The molecule has 1 N–H and O–H groups in total. The molecule has 1 atom stereocenters. The van der Waals surface area contributed by atoms with E-state index in [1.165, 1.54) is 30.4 Å². The molecule has 1 unspecified atom stereocenters. The Kier molecular flexibility index (Phi) is 6.77. The maximum Gasteiger partial charge on any atom is 0.0175 e. The van der Waals surface area contributed by atoms with Crippen LogP contribution in [0.5, 0.6) is 0 Å². The van der Waals surface area contributed by atoms with Gasteiger partial charge in [0.2, 0.25) is 0 Å². The number of hydrogen-bond acceptors (Lipinski definition) is 2. The quantitative estimate of drug-likeness (QED) is 0.701. The summed E-state index contributed by atoms with van der Waals surface area (Å²) in [7, 11) is 0. The van der Waals surface area contributed by atoms with Gasteiger partial charge in [0.15, 0.2) is 0 Å². The summed E-state index contributed by atoms with van der Waals surface area (Å²) in [4.78, 5) is 0. The number of nitrogens with one attached hydrogen (secondary N) is 1. The molecular weight excluding hydrogens is 330 g/mol. The van der Waals surface area contributed by atoms with E-state index < -0.39 is 0 Å². The molecule has 1 aromatic heterocycles. The Morgan fingerprint density at radius 3 is 2.60 bits per heavy atom. The van der Waals surface area contributed by atoms with Crippen molar-refractivity contribution in [2.75, 3.05) is 6.54 Å². The smallest absolute Gasteiger partial charge is 0.0175 e. The fourth-order valence-corrected chi connectivity index (χ4v) is 3.27. The second-order valence-electron chi connectivity index (χ2n) is 5.15. The Bertz CT molecular complexity index is 478. The zero-order chi connectivity index (χ0) is 14.2. The molecule has 2 aromatic rings. The Morgan fingerprint density at radius 1 is 1.15 bits per heavy atom. The maximum atomic E-state index is 3.69. The second-order valence-corrected chi connectivity index (χ2v) is 6.85. The molecule has 0 aliphatic rings. The van der Waals surface area contributed by atoms with E-state index in [0.717, 1.165) is 17.4 Å². The van der Waals surface area contributed by atoms with Crippen LogP contribution in [-0.2, 0) is 12.8 Å². The van der Waals surface area contributed by atoms with Gasteiger partial charge >= 0.3 is 0 Å². The fourth-order valence-electron chi connectivity index (χ4n) is 2.31. The van der Waals surface area contributed by atoms with Crippen molar-refractivity contribution in [1.82, 2.24) is 5.32 Å². The first-order valence-electron chi connectivity index (χ1n) is 7.27. The SMILES string of the molecule is CCCNC(CCc1ccsc1)Cc1ccc(Br)cc1. The van der Waals surface area contributed by atoms with Crippen molar-refractivity contribution in [2.45, 2.75) is 38.6 Å². The average molecular weight is 352 g/mol. The molecule has 1 nitrogen and oxygen atoms in total. The number of halogens is 1. The predicted molar refractivity (Wildman–Crippen MR) is 92.6 cm³/mol. The summed E-state index contributed by atoms with van der Waals surface area (Å²) in [6.07, 6.45) is 4.67. The third-order valence-corrected chi connectivity index (χ3v) is 4.70. The predicted octanol–water partition coefficient (Wildman–Crippen LogP) is 5.05. The highest BCUT2D eigenvalue weighted by Gasteiger charge is 2.09. The molecule has 0 saturated carbocycles. The molecular formula is C17H22BrNS. The lowest BCUT2D eigenvalue weighted by Gasteiger charge is -2.18. The van der Waals surface area contributed by atoms with Crippen LogP contribution in [0.1, 0.15) is 30.9 Å². The van der Waals surface area contributed by atoms with E-state index in [1.807, 2.05) is 0 Å². The number of aryl methyl sites for hydroxylation is 1. The molecule has 0 spiro atoms. The Labute approximate surface area is 134 Å². The minimum absolute atomic E-state index is 0.566. The van der Waals surface area contributed by atoms with Crippen molar-refractivity contribution in [3.05, 3.63) is 56.7 Å². The summed E-state index contributed by atoms with van der Waals surface area (Å²) in [5, 5.41) is 8.11. The lowest BCUT2D eigenvalue weighted by molar-refractivity contribution is 0.478. The first-order chi connectivity index (χ1) is 9.78. The minimum Gasteiger partial charge on any atom is -0.314 e. The molecule has 0 fully saturated rings. The normalized spacial score (nSPS) is 12.5. The fraction of sp³-hybridized carbons (Fsp3) is 0.412.